The zero-order chi connectivity index (χ0) is 10.3. The molecule has 0 saturated carbocycles. The van der Waals surface area contributed by atoms with Gasteiger partial charge >= 0.3 is 5.97 Å². The van der Waals surface area contributed by atoms with Gasteiger partial charge in [0.15, 0.2) is 0 Å². The lowest BCUT2D eigenvalue weighted by molar-refractivity contribution is -0.136. The van der Waals surface area contributed by atoms with Gasteiger partial charge in [0, 0.05) is 4.83 Å². The number of aliphatic carboxylic acids is 1. The molecule has 0 aliphatic heterocycles. The van der Waals surface area contributed by atoms with E-state index in [1.165, 1.54) is 19.3 Å². The number of unbranched alkanes of at least 4 members (excludes halogenated alkanes) is 3. The van der Waals surface area contributed by atoms with Crippen molar-refractivity contribution in [3.63, 3.8) is 0 Å². The van der Waals surface area contributed by atoms with Crippen molar-refractivity contribution in [2.24, 2.45) is 0 Å². The fraction of sp³-hybridized carbons (Fsp3) is 0.889. The normalized spacial score (nSPS) is 15.3. The van der Waals surface area contributed by atoms with E-state index in [0.717, 1.165) is 12.8 Å². The fourth-order valence-corrected chi connectivity index (χ4v) is 1.88. The van der Waals surface area contributed by atoms with Crippen molar-refractivity contribution in [1.82, 2.24) is 0 Å². The number of carboxylic acids is 1. The predicted molar refractivity (Wildman–Crippen MR) is 61.8 cm³/mol. The maximum Gasteiger partial charge on any atom is 0.318 e. The summed E-state index contributed by atoms with van der Waals surface area (Å²) in [7, 11) is 0. The van der Waals surface area contributed by atoms with Gasteiger partial charge in [0.05, 0.1) is 0 Å². The second-order valence-electron chi connectivity index (χ2n) is 3.11. The molecule has 0 rings (SSSR count). The van der Waals surface area contributed by atoms with Crippen LogP contribution in [0.1, 0.15) is 39.0 Å². The molecule has 1 N–H and O–H groups in total. The van der Waals surface area contributed by atoms with Crippen LogP contribution in [0.15, 0.2) is 0 Å². The van der Waals surface area contributed by atoms with Crippen LogP contribution in [-0.4, -0.2) is 20.7 Å². The summed E-state index contributed by atoms with van der Waals surface area (Å²) in [5.74, 6) is -0.794. The molecule has 0 spiro atoms. The van der Waals surface area contributed by atoms with E-state index in [2.05, 4.69) is 38.8 Å². The minimum atomic E-state index is -0.794. The van der Waals surface area contributed by atoms with Gasteiger partial charge in [-0.05, 0) is 6.42 Å². The molecule has 0 fully saturated rings. The van der Waals surface area contributed by atoms with Gasteiger partial charge < -0.3 is 5.11 Å². The Morgan fingerprint density at radius 3 is 2.38 bits per heavy atom. The van der Waals surface area contributed by atoms with Crippen LogP contribution in [0.2, 0.25) is 0 Å². The minimum absolute atomic E-state index is 0.0434. The summed E-state index contributed by atoms with van der Waals surface area (Å²) in [6.45, 7) is 2.16. The second kappa shape index (κ2) is 7.80. The van der Waals surface area contributed by atoms with Crippen molar-refractivity contribution < 1.29 is 9.90 Å². The number of carbonyl (C=O) groups is 1. The van der Waals surface area contributed by atoms with Crippen LogP contribution in [0.3, 0.4) is 0 Å². The van der Waals surface area contributed by atoms with Gasteiger partial charge in [-0.3, -0.25) is 4.79 Å². The molecular weight excluding hydrogens is 300 g/mol. The zero-order valence-corrected chi connectivity index (χ0v) is 11.0. The summed E-state index contributed by atoms with van der Waals surface area (Å²) < 4.78 is 0. The van der Waals surface area contributed by atoms with Crippen molar-refractivity contribution in [2.75, 3.05) is 0 Å². The highest BCUT2D eigenvalue weighted by Crippen LogP contribution is 2.20. The summed E-state index contributed by atoms with van der Waals surface area (Å²) in [6, 6.07) is 0. The summed E-state index contributed by atoms with van der Waals surface area (Å²) >= 11 is 6.50. The molecule has 78 valence electrons. The Morgan fingerprint density at radius 2 is 1.92 bits per heavy atom. The molecule has 0 aliphatic carbocycles. The molecule has 0 aromatic heterocycles. The van der Waals surface area contributed by atoms with Crippen molar-refractivity contribution >= 4 is 37.8 Å². The lowest BCUT2D eigenvalue weighted by Crippen LogP contribution is -2.23. The molecule has 0 heterocycles. The first-order valence-electron chi connectivity index (χ1n) is 4.60. The maximum atomic E-state index is 10.6. The summed E-state index contributed by atoms with van der Waals surface area (Å²) in [4.78, 5) is 10.1. The fourth-order valence-electron chi connectivity index (χ4n) is 1.07. The van der Waals surface area contributed by atoms with Gasteiger partial charge in [-0.15, -0.1) is 0 Å². The first kappa shape index (κ1) is 13.4. The van der Waals surface area contributed by atoms with Crippen molar-refractivity contribution in [1.29, 1.82) is 0 Å². The quantitative estimate of drug-likeness (QED) is 0.576. The Hall–Kier alpha value is 0.430. The standard InChI is InChI=1S/C9H16Br2O2/c1-2-3-4-5-6-7(10)8(11)9(12)13/h7-8H,2-6H2,1H3,(H,12,13)/t7-,8+/m1/s1. The van der Waals surface area contributed by atoms with E-state index in [1.54, 1.807) is 0 Å². The van der Waals surface area contributed by atoms with Crippen LogP contribution in [0.25, 0.3) is 0 Å². The summed E-state index contributed by atoms with van der Waals surface area (Å²) in [5.41, 5.74) is 0. The number of hydrogen-bond acceptors (Lipinski definition) is 1. The molecular formula is C9H16Br2O2. The lowest BCUT2D eigenvalue weighted by atomic mass is 10.1. The Balaban J connectivity index is 3.50. The molecule has 0 unspecified atom stereocenters. The average Bonchev–Trinajstić information content (AvgIpc) is 2.10. The zero-order valence-electron chi connectivity index (χ0n) is 7.80. The monoisotopic (exact) mass is 314 g/mol. The van der Waals surface area contributed by atoms with Crippen LogP contribution in [-0.2, 0) is 4.79 Å². The molecule has 13 heavy (non-hydrogen) atoms. The second-order valence-corrected chi connectivity index (χ2v) is 5.27. The molecule has 0 radical (unpaired) electrons. The van der Waals surface area contributed by atoms with E-state index in [-0.39, 0.29) is 4.83 Å². The molecule has 0 amide bonds. The number of alkyl halides is 2. The van der Waals surface area contributed by atoms with E-state index in [9.17, 15) is 4.79 Å². The topological polar surface area (TPSA) is 37.3 Å². The first-order chi connectivity index (χ1) is 6.09. The van der Waals surface area contributed by atoms with Crippen LogP contribution in [0, 0.1) is 0 Å². The third-order valence-corrected chi connectivity index (χ3v) is 4.61. The molecule has 0 aliphatic rings. The van der Waals surface area contributed by atoms with Crippen LogP contribution >= 0.6 is 31.9 Å². The smallest absolute Gasteiger partial charge is 0.318 e. The van der Waals surface area contributed by atoms with Gasteiger partial charge in [-0.1, -0.05) is 64.5 Å². The molecule has 0 aromatic rings. The summed E-state index contributed by atoms with van der Waals surface area (Å²) in [6.07, 6.45) is 5.66. The molecule has 2 nitrogen and oxygen atoms in total. The minimum Gasteiger partial charge on any atom is -0.480 e. The Kier molecular flexibility index (Phi) is 8.06. The average molecular weight is 316 g/mol. The molecule has 4 heteroatoms. The van der Waals surface area contributed by atoms with E-state index >= 15 is 0 Å². The Morgan fingerprint density at radius 1 is 1.31 bits per heavy atom. The van der Waals surface area contributed by atoms with Gasteiger partial charge in [0.2, 0.25) is 0 Å². The van der Waals surface area contributed by atoms with Crippen LogP contribution in [0.5, 0.6) is 0 Å². The number of hydrogen-bond donors (Lipinski definition) is 1. The number of halogens is 2. The third kappa shape index (κ3) is 6.49. The van der Waals surface area contributed by atoms with Crippen LogP contribution in [0.4, 0.5) is 0 Å². The lowest BCUT2D eigenvalue weighted by Gasteiger charge is -2.11. The third-order valence-electron chi connectivity index (χ3n) is 1.89. The van der Waals surface area contributed by atoms with Gasteiger partial charge in [-0.2, -0.15) is 0 Å². The Labute approximate surface area is 96.3 Å². The molecule has 2 atom stereocenters. The highest BCUT2D eigenvalue weighted by atomic mass is 79.9. The predicted octanol–water partition coefficient (Wildman–Crippen LogP) is 3.57. The number of rotatable bonds is 7. The first-order valence-corrected chi connectivity index (χ1v) is 6.43. The van der Waals surface area contributed by atoms with Crippen molar-refractivity contribution in [3.8, 4) is 0 Å². The molecule has 0 saturated heterocycles. The summed E-state index contributed by atoms with van der Waals surface area (Å²) in [5, 5.41) is 8.68. The van der Waals surface area contributed by atoms with Gasteiger partial charge in [0.1, 0.15) is 4.83 Å². The van der Waals surface area contributed by atoms with Gasteiger partial charge in [-0.25, -0.2) is 0 Å². The highest BCUT2D eigenvalue weighted by Gasteiger charge is 2.21. The highest BCUT2D eigenvalue weighted by molar-refractivity contribution is 9.12. The van der Waals surface area contributed by atoms with E-state index in [0.29, 0.717) is 0 Å². The van der Waals surface area contributed by atoms with Crippen molar-refractivity contribution in [2.45, 2.75) is 48.7 Å². The van der Waals surface area contributed by atoms with Gasteiger partial charge in [0.25, 0.3) is 0 Å². The van der Waals surface area contributed by atoms with Crippen LogP contribution < -0.4 is 0 Å². The Bertz CT molecular complexity index is 151. The number of carboxylic acid groups (broad SMARTS) is 1. The maximum absolute atomic E-state index is 10.6. The van der Waals surface area contributed by atoms with E-state index in [4.69, 9.17) is 5.11 Å². The molecule has 0 aromatic carbocycles. The SMILES string of the molecule is CCCCCC[C@@H](Br)[C@H](Br)C(=O)O. The van der Waals surface area contributed by atoms with Crippen molar-refractivity contribution in [3.05, 3.63) is 0 Å². The van der Waals surface area contributed by atoms with E-state index in [1.807, 2.05) is 0 Å². The van der Waals surface area contributed by atoms with E-state index < -0.39 is 10.8 Å². The molecule has 0 bridgehead atoms. The largest absolute Gasteiger partial charge is 0.480 e.